The van der Waals surface area contributed by atoms with Crippen LogP contribution in [0.5, 0.6) is 0 Å². The van der Waals surface area contributed by atoms with Gasteiger partial charge in [-0.25, -0.2) is 0 Å². The molecule has 1 aromatic heterocycles. The summed E-state index contributed by atoms with van der Waals surface area (Å²) >= 11 is 8.78. The van der Waals surface area contributed by atoms with Gasteiger partial charge in [-0.3, -0.25) is 0 Å². The van der Waals surface area contributed by atoms with Crippen LogP contribution in [0, 0.1) is 0 Å². The Labute approximate surface area is 136 Å². The van der Waals surface area contributed by atoms with E-state index >= 15 is 0 Å². The molecule has 0 bridgehead atoms. The quantitative estimate of drug-likeness (QED) is 0.706. The highest BCUT2D eigenvalue weighted by Gasteiger charge is 2.18. The van der Waals surface area contributed by atoms with Crippen molar-refractivity contribution in [3.05, 3.63) is 70.7 Å². The van der Waals surface area contributed by atoms with Crippen molar-refractivity contribution >= 4 is 40.0 Å². The summed E-state index contributed by atoms with van der Waals surface area (Å²) in [6.45, 7) is 0. The molecular formula is C15H12ClN3S2. The second-order valence-electron chi connectivity index (χ2n) is 4.38. The Morgan fingerprint density at radius 3 is 2.29 bits per heavy atom. The van der Waals surface area contributed by atoms with E-state index in [1.165, 1.54) is 17.1 Å². The zero-order chi connectivity index (χ0) is 14.7. The molecule has 21 heavy (non-hydrogen) atoms. The molecule has 3 nitrogen and oxygen atoms in total. The third kappa shape index (κ3) is 3.56. The third-order valence-electron chi connectivity index (χ3n) is 2.92. The zero-order valence-corrected chi connectivity index (χ0v) is 13.3. The molecule has 0 aliphatic carbocycles. The highest BCUT2D eigenvalue weighted by Crippen LogP contribution is 2.39. The number of nitrogen functional groups attached to an aromatic ring is 1. The number of nitrogens with two attached hydrogens (primary N) is 1. The van der Waals surface area contributed by atoms with Crippen LogP contribution in [-0.4, -0.2) is 9.36 Å². The molecule has 6 heteroatoms. The van der Waals surface area contributed by atoms with E-state index in [9.17, 15) is 0 Å². The molecule has 0 radical (unpaired) electrons. The van der Waals surface area contributed by atoms with Crippen LogP contribution in [0.15, 0.2) is 59.8 Å². The molecule has 3 rings (SSSR count). The zero-order valence-electron chi connectivity index (χ0n) is 10.9. The van der Waals surface area contributed by atoms with Crippen LogP contribution < -0.4 is 5.73 Å². The highest BCUT2D eigenvalue weighted by molar-refractivity contribution is 7.99. The lowest BCUT2D eigenvalue weighted by atomic mass is 10.0. The summed E-state index contributed by atoms with van der Waals surface area (Å²) < 4.78 is 4.27. The van der Waals surface area contributed by atoms with Crippen molar-refractivity contribution in [1.29, 1.82) is 0 Å². The van der Waals surface area contributed by atoms with Crippen LogP contribution in [0.4, 0.5) is 5.13 Å². The van der Waals surface area contributed by atoms with E-state index in [1.807, 2.05) is 42.5 Å². The maximum Gasteiger partial charge on any atom is 0.202 e. The first-order chi connectivity index (χ1) is 10.2. The van der Waals surface area contributed by atoms with Crippen molar-refractivity contribution in [2.24, 2.45) is 0 Å². The Hall–Kier alpha value is -1.56. The molecule has 1 atom stereocenters. The lowest BCUT2D eigenvalue weighted by Crippen LogP contribution is -1.97. The van der Waals surface area contributed by atoms with Gasteiger partial charge in [0, 0.05) is 16.6 Å². The predicted octanol–water partition coefficient (Wildman–Crippen LogP) is 4.66. The monoisotopic (exact) mass is 333 g/mol. The number of halogens is 1. The second-order valence-corrected chi connectivity index (χ2v) is 6.67. The number of aromatic nitrogens is 2. The van der Waals surface area contributed by atoms with E-state index in [4.69, 9.17) is 17.3 Å². The maximum atomic E-state index is 5.98. The number of benzene rings is 2. The summed E-state index contributed by atoms with van der Waals surface area (Å²) in [5.41, 5.74) is 8.01. The van der Waals surface area contributed by atoms with Gasteiger partial charge in [0.25, 0.3) is 0 Å². The second kappa shape index (κ2) is 6.47. The Bertz CT molecular complexity index is 713. The summed E-state index contributed by atoms with van der Waals surface area (Å²) in [4.78, 5) is 4.24. The van der Waals surface area contributed by atoms with Gasteiger partial charge in [0.1, 0.15) is 0 Å². The van der Waals surface area contributed by atoms with Crippen LogP contribution in [0.2, 0.25) is 5.02 Å². The molecule has 0 saturated heterocycles. The maximum absolute atomic E-state index is 5.98. The molecule has 0 amide bonds. The fourth-order valence-electron chi connectivity index (χ4n) is 1.97. The molecule has 106 valence electrons. The minimum absolute atomic E-state index is 0.109. The van der Waals surface area contributed by atoms with Gasteiger partial charge in [-0.1, -0.05) is 65.8 Å². The van der Waals surface area contributed by atoms with Crippen molar-refractivity contribution in [3.63, 3.8) is 0 Å². The van der Waals surface area contributed by atoms with Gasteiger partial charge in [0.15, 0.2) is 0 Å². The van der Waals surface area contributed by atoms with E-state index in [2.05, 4.69) is 21.5 Å². The van der Waals surface area contributed by atoms with E-state index in [-0.39, 0.29) is 5.25 Å². The van der Waals surface area contributed by atoms with E-state index < -0.39 is 0 Å². The van der Waals surface area contributed by atoms with Crippen LogP contribution in [0.25, 0.3) is 0 Å². The minimum atomic E-state index is 0.109. The van der Waals surface area contributed by atoms with Gasteiger partial charge >= 0.3 is 0 Å². The first-order valence-corrected chi connectivity index (χ1v) is 8.32. The van der Waals surface area contributed by atoms with Crippen molar-refractivity contribution < 1.29 is 0 Å². The van der Waals surface area contributed by atoms with E-state index in [1.54, 1.807) is 11.8 Å². The van der Waals surface area contributed by atoms with E-state index in [0.717, 1.165) is 10.6 Å². The number of hydrogen-bond donors (Lipinski definition) is 1. The fraction of sp³-hybridized carbons (Fsp3) is 0.0667. The molecule has 3 aromatic rings. The summed E-state index contributed by atoms with van der Waals surface area (Å²) in [7, 11) is 0. The van der Waals surface area contributed by atoms with Crippen molar-refractivity contribution in [3.8, 4) is 0 Å². The Balaban J connectivity index is 1.96. The Kier molecular flexibility index (Phi) is 4.43. The van der Waals surface area contributed by atoms with Crippen molar-refractivity contribution in [2.45, 2.75) is 10.4 Å². The lowest BCUT2D eigenvalue weighted by Gasteiger charge is -2.16. The number of nitrogens with zero attached hydrogens (tertiary/aromatic N) is 2. The van der Waals surface area contributed by atoms with Crippen molar-refractivity contribution in [2.75, 3.05) is 5.73 Å². The predicted molar refractivity (Wildman–Crippen MR) is 89.9 cm³/mol. The highest BCUT2D eigenvalue weighted by atomic mass is 35.5. The topological polar surface area (TPSA) is 51.8 Å². The standard InChI is InChI=1S/C15H12ClN3S2/c16-12-8-6-11(7-9-12)13(10-4-2-1-3-5-10)20-15-18-14(17)21-19-15/h1-9,13H,(H2,17,18,19)/t13-/m1/s1. The Morgan fingerprint density at radius 1 is 1.00 bits per heavy atom. The molecule has 2 aromatic carbocycles. The van der Waals surface area contributed by atoms with Crippen LogP contribution >= 0.6 is 34.9 Å². The molecular weight excluding hydrogens is 322 g/mol. The number of anilines is 1. The van der Waals surface area contributed by atoms with Gasteiger partial charge in [0.05, 0.1) is 5.25 Å². The Morgan fingerprint density at radius 2 is 1.67 bits per heavy atom. The van der Waals surface area contributed by atoms with Gasteiger partial charge in [0.2, 0.25) is 10.3 Å². The van der Waals surface area contributed by atoms with Crippen LogP contribution in [0.3, 0.4) is 0 Å². The third-order valence-corrected chi connectivity index (χ3v) is 5.00. The minimum Gasteiger partial charge on any atom is -0.374 e. The summed E-state index contributed by atoms with van der Waals surface area (Å²) in [6, 6.07) is 18.1. The average molecular weight is 334 g/mol. The molecule has 1 heterocycles. The van der Waals surface area contributed by atoms with Gasteiger partial charge in [-0.05, 0) is 23.3 Å². The number of hydrogen-bond acceptors (Lipinski definition) is 5. The lowest BCUT2D eigenvalue weighted by molar-refractivity contribution is 1.06. The van der Waals surface area contributed by atoms with Gasteiger partial charge < -0.3 is 5.73 Å². The molecule has 2 N–H and O–H groups in total. The number of thioether (sulfide) groups is 1. The average Bonchev–Trinajstić information content (AvgIpc) is 2.92. The first kappa shape index (κ1) is 14.4. The first-order valence-electron chi connectivity index (χ1n) is 6.28. The van der Waals surface area contributed by atoms with Crippen molar-refractivity contribution in [1.82, 2.24) is 9.36 Å². The van der Waals surface area contributed by atoms with Crippen LogP contribution in [0.1, 0.15) is 16.4 Å². The largest absolute Gasteiger partial charge is 0.374 e. The fourth-order valence-corrected chi connectivity index (χ4v) is 3.72. The molecule has 0 spiro atoms. The molecule has 0 fully saturated rings. The summed E-state index contributed by atoms with van der Waals surface area (Å²) in [5.74, 6) is 0. The molecule has 0 aliphatic heterocycles. The van der Waals surface area contributed by atoms with Gasteiger partial charge in [-0.2, -0.15) is 9.36 Å². The smallest absolute Gasteiger partial charge is 0.202 e. The molecule has 0 aliphatic rings. The van der Waals surface area contributed by atoms with E-state index in [0.29, 0.717) is 10.3 Å². The molecule has 0 saturated carbocycles. The number of rotatable bonds is 4. The summed E-state index contributed by atoms with van der Waals surface area (Å²) in [5, 5.41) is 2.02. The molecule has 0 unspecified atom stereocenters. The van der Waals surface area contributed by atoms with Crippen LogP contribution in [-0.2, 0) is 0 Å². The summed E-state index contributed by atoms with van der Waals surface area (Å²) in [6.07, 6.45) is 0. The SMILES string of the molecule is Nc1nc(S[C@H](c2ccccc2)c2ccc(Cl)cc2)ns1. The normalized spacial score (nSPS) is 12.2. The van der Waals surface area contributed by atoms with Gasteiger partial charge in [-0.15, -0.1) is 0 Å².